The normalized spacial score (nSPS) is 17.4. The van der Waals surface area contributed by atoms with Crippen LogP contribution in [0.15, 0.2) is 48.5 Å². The number of nitrogens with one attached hydrogen (secondary N) is 2. The smallest absolute Gasteiger partial charge is 0.376 e. The number of halogens is 3. The minimum atomic E-state index is -4.43. The Balaban J connectivity index is 1.71. The van der Waals surface area contributed by atoms with Crippen LogP contribution >= 0.6 is 0 Å². The number of anilines is 2. The van der Waals surface area contributed by atoms with Crippen molar-refractivity contribution in [2.24, 2.45) is 0 Å². The minimum Gasteiger partial charge on any atom is -0.376 e. The number of rotatable bonds is 5. The Hall–Kier alpha value is -2.58. The zero-order valence-electron chi connectivity index (χ0n) is 14.4. The van der Waals surface area contributed by atoms with E-state index < -0.39 is 11.7 Å². The molecule has 1 saturated heterocycles. The van der Waals surface area contributed by atoms with E-state index in [0.717, 1.165) is 12.1 Å². The molecule has 0 bridgehead atoms. The molecule has 1 aliphatic heterocycles. The molecular formula is C19H19F3N2O3. The van der Waals surface area contributed by atoms with E-state index in [1.165, 1.54) is 12.1 Å². The molecule has 3 rings (SSSR count). The second kappa shape index (κ2) is 8.41. The topological polar surface area (TPSA) is 59.6 Å². The van der Waals surface area contributed by atoms with Crippen LogP contribution in [0.1, 0.15) is 15.9 Å². The van der Waals surface area contributed by atoms with Gasteiger partial charge in [0.1, 0.15) is 0 Å². The highest BCUT2D eigenvalue weighted by Crippen LogP contribution is 2.31. The summed E-state index contributed by atoms with van der Waals surface area (Å²) in [5.74, 6) is -0.348. The maximum absolute atomic E-state index is 12.9. The Bertz CT molecular complexity index is 790. The number of carbonyl (C=O) groups excluding carboxylic acids is 1. The van der Waals surface area contributed by atoms with Crippen molar-refractivity contribution < 1.29 is 27.4 Å². The fraction of sp³-hybridized carbons (Fsp3) is 0.316. The molecule has 1 atom stereocenters. The van der Waals surface area contributed by atoms with Crippen LogP contribution in [-0.2, 0) is 15.7 Å². The highest BCUT2D eigenvalue weighted by Gasteiger charge is 2.30. The summed E-state index contributed by atoms with van der Waals surface area (Å²) in [6, 6.07) is 11.4. The summed E-state index contributed by atoms with van der Waals surface area (Å²) in [5, 5.41) is 5.65. The van der Waals surface area contributed by atoms with Crippen LogP contribution in [0, 0.1) is 0 Å². The zero-order chi connectivity index (χ0) is 19.3. The molecule has 0 spiro atoms. The zero-order valence-corrected chi connectivity index (χ0v) is 14.4. The molecule has 2 N–H and O–H groups in total. The molecule has 8 heteroatoms. The predicted molar refractivity (Wildman–Crippen MR) is 94.1 cm³/mol. The quantitative estimate of drug-likeness (QED) is 0.832. The van der Waals surface area contributed by atoms with Gasteiger partial charge in [0.25, 0.3) is 5.91 Å². The third-order valence-corrected chi connectivity index (χ3v) is 4.02. The fourth-order valence-electron chi connectivity index (χ4n) is 2.68. The van der Waals surface area contributed by atoms with Crippen molar-refractivity contribution in [1.29, 1.82) is 0 Å². The predicted octanol–water partition coefficient (Wildman–Crippen LogP) is 3.59. The van der Waals surface area contributed by atoms with Crippen LogP contribution in [0.3, 0.4) is 0 Å². The van der Waals surface area contributed by atoms with Crippen molar-refractivity contribution in [2.75, 3.05) is 31.7 Å². The number of amides is 1. The number of hydrogen-bond acceptors (Lipinski definition) is 4. The van der Waals surface area contributed by atoms with Gasteiger partial charge in [-0.2, -0.15) is 13.2 Å². The second-order valence-corrected chi connectivity index (χ2v) is 6.03. The van der Waals surface area contributed by atoms with E-state index >= 15 is 0 Å². The number of ether oxygens (including phenoxy) is 2. The van der Waals surface area contributed by atoms with E-state index in [-0.39, 0.29) is 24.2 Å². The van der Waals surface area contributed by atoms with Gasteiger partial charge in [-0.3, -0.25) is 4.79 Å². The van der Waals surface area contributed by atoms with E-state index in [2.05, 4.69) is 10.6 Å². The van der Waals surface area contributed by atoms with Crippen molar-refractivity contribution in [3.63, 3.8) is 0 Å². The van der Waals surface area contributed by atoms with Crippen LogP contribution < -0.4 is 10.6 Å². The Morgan fingerprint density at radius 2 is 1.93 bits per heavy atom. The van der Waals surface area contributed by atoms with Crippen molar-refractivity contribution in [3.05, 3.63) is 59.7 Å². The lowest BCUT2D eigenvalue weighted by molar-refractivity contribution is -0.137. The monoisotopic (exact) mass is 380 g/mol. The van der Waals surface area contributed by atoms with Gasteiger partial charge in [-0.1, -0.05) is 18.2 Å². The average Bonchev–Trinajstić information content (AvgIpc) is 2.67. The van der Waals surface area contributed by atoms with Crippen molar-refractivity contribution in [2.45, 2.75) is 12.3 Å². The van der Waals surface area contributed by atoms with Crippen LogP contribution in [0.5, 0.6) is 0 Å². The fourth-order valence-corrected chi connectivity index (χ4v) is 2.68. The summed E-state index contributed by atoms with van der Waals surface area (Å²) >= 11 is 0. The Labute approximate surface area is 154 Å². The molecular weight excluding hydrogens is 361 g/mol. The molecule has 1 fully saturated rings. The summed E-state index contributed by atoms with van der Waals surface area (Å²) in [6.45, 7) is 1.71. The van der Waals surface area contributed by atoms with Crippen molar-refractivity contribution in [3.8, 4) is 0 Å². The lowest BCUT2D eigenvalue weighted by atomic mass is 10.1. The van der Waals surface area contributed by atoms with E-state index in [4.69, 9.17) is 9.47 Å². The number of carbonyl (C=O) groups is 1. The highest BCUT2D eigenvalue weighted by atomic mass is 19.4. The number of benzene rings is 2. The molecule has 0 saturated carbocycles. The van der Waals surface area contributed by atoms with E-state index in [9.17, 15) is 18.0 Å². The lowest BCUT2D eigenvalue weighted by Crippen LogP contribution is -2.39. The summed E-state index contributed by atoms with van der Waals surface area (Å²) in [7, 11) is 0. The molecule has 0 radical (unpaired) electrons. The summed E-state index contributed by atoms with van der Waals surface area (Å²) < 4.78 is 49.4. The standard InChI is InChI=1S/C19H19F3N2O3/c20-19(21,22)13-4-3-5-14(10-13)24-17-7-2-1-6-16(17)18(25)23-11-15-12-26-8-9-27-15/h1-7,10,15,24H,8-9,11-12H2,(H,23,25). The molecule has 0 aromatic heterocycles. The molecule has 27 heavy (non-hydrogen) atoms. The van der Waals surface area contributed by atoms with Gasteiger partial charge in [0.05, 0.1) is 42.7 Å². The third-order valence-electron chi connectivity index (χ3n) is 4.02. The number of para-hydroxylation sites is 1. The van der Waals surface area contributed by atoms with Gasteiger partial charge < -0.3 is 20.1 Å². The molecule has 5 nitrogen and oxygen atoms in total. The maximum atomic E-state index is 12.9. The van der Waals surface area contributed by atoms with Gasteiger partial charge in [0, 0.05) is 12.2 Å². The minimum absolute atomic E-state index is 0.216. The maximum Gasteiger partial charge on any atom is 0.416 e. The lowest BCUT2D eigenvalue weighted by Gasteiger charge is -2.23. The first-order chi connectivity index (χ1) is 12.9. The first-order valence-electron chi connectivity index (χ1n) is 8.44. The summed E-state index contributed by atoms with van der Waals surface area (Å²) in [4.78, 5) is 12.5. The summed E-state index contributed by atoms with van der Waals surface area (Å²) in [6.07, 6.45) is -4.65. The van der Waals surface area contributed by atoms with Crippen molar-refractivity contribution in [1.82, 2.24) is 5.32 Å². The van der Waals surface area contributed by atoms with Gasteiger partial charge in [-0.05, 0) is 30.3 Å². The Kier molecular flexibility index (Phi) is 5.98. The van der Waals surface area contributed by atoms with Crippen LogP contribution in [-0.4, -0.2) is 38.4 Å². The largest absolute Gasteiger partial charge is 0.416 e. The molecule has 1 amide bonds. The first-order valence-corrected chi connectivity index (χ1v) is 8.44. The van der Waals surface area contributed by atoms with E-state index in [1.807, 2.05) is 0 Å². The van der Waals surface area contributed by atoms with E-state index in [1.54, 1.807) is 24.3 Å². The van der Waals surface area contributed by atoms with Gasteiger partial charge in [0.2, 0.25) is 0 Å². The molecule has 1 unspecified atom stereocenters. The molecule has 2 aromatic rings. The van der Waals surface area contributed by atoms with Gasteiger partial charge in [0.15, 0.2) is 0 Å². The Morgan fingerprint density at radius 3 is 2.67 bits per heavy atom. The average molecular weight is 380 g/mol. The highest BCUT2D eigenvalue weighted by molar-refractivity contribution is 6.00. The number of hydrogen-bond donors (Lipinski definition) is 2. The van der Waals surface area contributed by atoms with Crippen LogP contribution in [0.2, 0.25) is 0 Å². The van der Waals surface area contributed by atoms with Gasteiger partial charge in [-0.15, -0.1) is 0 Å². The van der Waals surface area contributed by atoms with Crippen LogP contribution in [0.25, 0.3) is 0 Å². The second-order valence-electron chi connectivity index (χ2n) is 6.03. The van der Waals surface area contributed by atoms with Gasteiger partial charge in [-0.25, -0.2) is 0 Å². The van der Waals surface area contributed by atoms with E-state index in [0.29, 0.717) is 31.1 Å². The van der Waals surface area contributed by atoms with Gasteiger partial charge >= 0.3 is 6.18 Å². The molecule has 2 aromatic carbocycles. The molecule has 1 heterocycles. The molecule has 1 aliphatic rings. The third kappa shape index (κ3) is 5.21. The molecule has 144 valence electrons. The Morgan fingerprint density at radius 1 is 1.11 bits per heavy atom. The molecule has 0 aliphatic carbocycles. The number of alkyl halides is 3. The van der Waals surface area contributed by atoms with Crippen molar-refractivity contribution >= 4 is 17.3 Å². The SMILES string of the molecule is O=C(NCC1COCCO1)c1ccccc1Nc1cccc(C(F)(F)F)c1. The first kappa shape index (κ1) is 19.2. The summed E-state index contributed by atoms with van der Waals surface area (Å²) in [5.41, 5.74) is 0.222. The van der Waals surface area contributed by atoms with Crippen LogP contribution in [0.4, 0.5) is 24.5 Å².